The Morgan fingerprint density at radius 1 is 0.453 bits per heavy atom. The molecule has 0 aliphatic heterocycles. The zero-order chi connectivity index (χ0) is 35.3. The van der Waals surface area contributed by atoms with Gasteiger partial charge in [-0.1, -0.05) is 135 Å². The first kappa shape index (κ1) is 30.2. The number of thiophene rings is 1. The molecule has 53 heavy (non-hydrogen) atoms. The molecule has 0 fully saturated rings. The van der Waals surface area contributed by atoms with Crippen molar-refractivity contribution < 1.29 is 4.42 Å². The van der Waals surface area contributed by atoms with Crippen LogP contribution in [0.3, 0.4) is 0 Å². The molecule has 1 aliphatic carbocycles. The van der Waals surface area contributed by atoms with E-state index in [2.05, 4.69) is 147 Å². The predicted octanol–water partition coefficient (Wildman–Crippen LogP) is 13.1. The minimum absolute atomic E-state index is 0.157. The van der Waals surface area contributed by atoms with Crippen molar-refractivity contribution in [3.8, 4) is 56.4 Å². The van der Waals surface area contributed by atoms with Crippen molar-refractivity contribution >= 4 is 53.4 Å². The normalized spacial score (nSPS) is 13.2. The van der Waals surface area contributed by atoms with Crippen LogP contribution in [0.4, 0.5) is 0 Å². The molecule has 250 valence electrons. The summed E-state index contributed by atoms with van der Waals surface area (Å²) < 4.78 is 8.96. The summed E-state index contributed by atoms with van der Waals surface area (Å²) in [5, 5.41) is 4.48. The van der Waals surface area contributed by atoms with Crippen molar-refractivity contribution in [3.63, 3.8) is 0 Å². The monoisotopic (exact) mass is 697 g/mol. The van der Waals surface area contributed by atoms with E-state index >= 15 is 0 Å². The molecule has 0 saturated heterocycles. The molecule has 3 heterocycles. The second-order valence-corrected chi connectivity index (χ2v) is 15.4. The molecule has 0 unspecified atom stereocenters. The summed E-state index contributed by atoms with van der Waals surface area (Å²) >= 11 is 1.81. The van der Waals surface area contributed by atoms with Gasteiger partial charge in [0.05, 0.1) is 5.56 Å². The van der Waals surface area contributed by atoms with Crippen molar-refractivity contribution in [1.29, 1.82) is 0 Å². The van der Waals surface area contributed by atoms with Crippen LogP contribution in [0.25, 0.3) is 98.5 Å². The minimum Gasteiger partial charge on any atom is -0.455 e. The third kappa shape index (κ3) is 4.51. The lowest BCUT2D eigenvalue weighted by Crippen LogP contribution is -2.15. The number of para-hydroxylation sites is 2. The molecule has 0 radical (unpaired) electrons. The largest absolute Gasteiger partial charge is 0.455 e. The fraction of sp³-hybridized carbons (Fsp3) is 0.0625. The lowest BCUT2D eigenvalue weighted by molar-refractivity contribution is 0.660. The topological polar surface area (TPSA) is 51.8 Å². The highest BCUT2D eigenvalue weighted by molar-refractivity contribution is 7.26. The average molecular weight is 698 g/mol. The first-order chi connectivity index (χ1) is 26.0. The zero-order valence-electron chi connectivity index (χ0n) is 29.1. The van der Waals surface area contributed by atoms with Gasteiger partial charge in [0, 0.05) is 47.5 Å². The third-order valence-electron chi connectivity index (χ3n) is 11.0. The molecule has 4 nitrogen and oxygen atoms in total. The number of hydrogen-bond donors (Lipinski definition) is 0. The Morgan fingerprint density at radius 2 is 1.06 bits per heavy atom. The lowest BCUT2D eigenvalue weighted by atomic mass is 9.82. The molecule has 0 saturated carbocycles. The Labute approximate surface area is 310 Å². The van der Waals surface area contributed by atoms with Gasteiger partial charge in [0.1, 0.15) is 11.2 Å². The van der Waals surface area contributed by atoms with E-state index in [4.69, 9.17) is 19.4 Å². The zero-order valence-corrected chi connectivity index (χ0v) is 29.9. The summed E-state index contributed by atoms with van der Waals surface area (Å²) in [6.07, 6.45) is 0. The summed E-state index contributed by atoms with van der Waals surface area (Å²) in [5.74, 6) is 1.85. The maximum atomic E-state index is 6.53. The minimum atomic E-state index is -0.157. The molecule has 0 N–H and O–H groups in total. The van der Waals surface area contributed by atoms with Crippen molar-refractivity contribution in [1.82, 2.24) is 15.0 Å². The summed E-state index contributed by atoms with van der Waals surface area (Å²) in [6, 6.07) is 53.5. The standard InChI is InChI=1S/C48H31N3OS/c1-48(2)37-21-8-6-15-31(37)32-26-25-29(27-38(32)48)45-49-46(51-47(50-45)36-20-10-18-34-33-16-7-9-22-39(33)52-44(34)36)35-19-12-24-41-43(35)42-30(17-11-23-40(42)53-41)28-13-4-3-5-14-28/h3-27H,1-2H3. The van der Waals surface area contributed by atoms with Crippen LogP contribution >= 0.6 is 11.3 Å². The van der Waals surface area contributed by atoms with Gasteiger partial charge in [0.25, 0.3) is 0 Å². The highest BCUT2D eigenvalue weighted by Gasteiger charge is 2.35. The van der Waals surface area contributed by atoms with Crippen molar-refractivity contribution in [2.75, 3.05) is 0 Å². The van der Waals surface area contributed by atoms with Gasteiger partial charge >= 0.3 is 0 Å². The van der Waals surface area contributed by atoms with Crippen LogP contribution in [0.5, 0.6) is 0 Å². The molecular formula is C48H31N3OS. The number of hydrogen-bond acceptors (Lipinski definition) is 5. The molecule has 3 aromatic heterocycles. The van der Waals surface area contributed by atoms with Gasteiger partial charge in [-0.2, -0.15) is 0 Å². The van der Waals surface area contributed by atoms with Gasteiger partial charge in [0.15, 0.2) is 17.5 Å². The first-order valence-electron chi connectivity index (χ1n) is 17.9. The Bertz CT molecular complexity index is 3100. The van der Waals surface area contributed by atoms with Gasteiger partial charge in [-0.3, -0.25) is 0 Å². The smallest absolute Gasteiger partial charge is 0.167 e. The van der Waals surface area contributed by atoms with Crippen molar-refractivity contribution in [2.45, 2.75) is 19.3 Å². The summed E-state index contributed by atoms with van der Waals surface area (Å²) in [4.78, 5) is 15.9. The number of aromatic nitrogens is 3. The molecule has 7 aromatic carbocycles. The Hall–Kier alpha value is -6.43. The molecule has 0 atom stereocenters. The molecule has 10 aromatic rings. The number of benzene rings is 7. The molecular weight excluding hydrogens is 667 g/mol. The number of rotatable bonds is 4. The van der Waals surface area contributed by atoms with E-state index in [1.807, 2.05) is 18.2 Å². The van der Waals surface area contributed by atoms with Crippen molar-refractivity contribution in [2.24, 2.45) is 0 Å². The summed E-state index contributed by atoms with van der Waals surface area (Å²) in [6.45, 7) is 4.61. The van der Waals surface area contributed by atoms with E-state index in [1.54, 1.807) is 11.3 Å². The maximum absolute atomic E-state index is 6.53. The van der Waals surface area contributed by atoms with Gasteiger partial charge in [-0.15, -0.1) is 11.3 Å². The van der Waals surface area contributed by atoms with Crippen LogP contribution in [-0.2, 0) is 5.41 Å². The maximum Gasteiger partial charge on any atom is 0.167 e. The predicted molar refractivity (Wildman–Crippen MR) is 219 cm³/mol. The van der Waals surface area contributed by atoms with Crippen LogP contribution < -0.4 is 0 Å². The van der Waals surface area contributed by atoms with E-state index in [1.165, 1.54) is 48.2 Å². The van der Waals surface area contributed by atoms with E-state index < -0.39 is 0 Å². The van der Waals surface area contributed by atoms with E-state index in [0.717, 1.165) is 44.0 Å². The third-order valence-corrected chi connectivity index (χ3v) is 12.1. The fourth-order valence-corrected chi connectivity index (χ4v) is 9.58. The highest BCUT2D eigenvalue weighted by Crippen LogP contribution is 2.50. The Kier molecular flexibility index (Phi) is 6.43. The molecule has 0 amide bonds. The quantitative estimate of drug-likeness (QED) is 0.184. The van der Waals surface area contributed by atoms with Crippen LogP contribution in [-0.4, -0.2) is 15.0 Å². The SMILES string of the molecule is CC1(C)c2ccccc2-c2ccc(-c3nc(-c4cccc5c4oc4ccccc45)nc(-c4cccc5sc6cccc(-c7ccccc7)c6c45)n3)cc21. The summed E-state index contributed by atoms with van der Waals surface area (Å²) in [5.41, 5.74) is 11.8. The fourth-order valence-electron chi connectivity index (χ4n) is 8.42. The molecule has 0 spiro atoms. The molecule has 5 heteroatoms. The Morgan fingerprint density at radius 3 is 1.91 bits per heavy atom. The molecule has 0 bridgehead atoms. The number of fused-ring (bicyclic) bond motifs is 9. The molecule has 11 rings (SSSR count). The highest BCUT2D eigenvalue weighted by atomic mass is 32.1. The summed E-state index contributed by atoms with van der Waals surface area (Å²) in [7, 11) is 0. The van der Waals surface area contributed by atoms with E-state index in [0.29, 0.717) is 17.5 Å². The lowest BCUT2D eigenvalue weighted by Gasteiger charge is -2.21. The molecule has 1 aliphatic rings. The van der Waals surface area contributed by atoms with Crippen LogP contribution in [0.2, 0.25) is 0 Å². The van der Waals surface area contributed by atoms with Gasteiger partial charge in [-0.05, 0) is 63.7 Å². The van der Waals surface area contributed by atoms with E-state index in [-0.39, 0.29) is 5.41 Å². The van der Waals surface area contributed by atoms with Gasteiger partial charge < -0.3 is 4.42 Å². The number of nitrogens with zero attached hydrogens (tertiary/aromatic N) is 3. The van der Waals surface area contributed by atoms with E-state index in [9.17, 15) is 0 Å². The van der Waals surface area contributed by atoms with Crippen LogP contribution in [0, 0.1) is 0 Å². The second-order valence-electron chi connectivity index (χ2n) is 14.3. The second kappa shape index (κ2) is 11.3. The van der Waals surface area contributed by atoms with Gasteiger partial charge in [0.2, 0.25) is 0 Å². The van der Waals surface area contributed by atoms with Crippen LogP contribution in [0.15, 0.2) is 156 Å². The van der Waals surface area contributed by atoms with Gasteiger partial charge in [-0.25, -0.2) is 15.0 Å². The van der Waals surface area contributed by atoms with Crippen LogP contribution in [0.1, 0.15) is 25.0 Å². The average Bonchev–Trinajstić information content (AvgIpc) is 3.86. The van der Waals surface area contributed by atoms with Crippen molar-refractivity contribution in [3.05, 3.63) is 163 Å². The first-order valence-corrected chi connectivity index (χ1v) is 18.8. The Balaban J connectivity index is 1.19. The number of furan rings is 1.